The third kappa shape index (κ3) is 5.01. The molecule has 31 heavy (non-hydrogen) atoms. The van der Waals surface area contributed by atoms with Gasteiger partial charge in [0.05, 0.1) is 23.9 Å². The van der Waals surface area contributed by atoms with Crippen LogP contribution in [0.2, 0.25) is 0 Å². The molecule has 2 aromatic heterocycles. The second-order valence-electron chi connectivity index (χ2n) is 7.86. The number of carbonyl (C=O) groups excluding carboxylic acids is 2. The van der Waals surface area contributed by atoms with E-state index in [9.17, 15) is 18.0 Å². The van der Waals surface area contributed by atoms with E-state index in [4.69, 9.17) is 0 Å². The van der Waals surface area contributed by atoms with Crippen molar-refractivity contribution in [2.45, 2.75) is 45.1 Å². The number of fused-ring (bicyclic) bond motifs is 1. The number of hydrogen-bond acceptors (Lipinski definition) is 8. The van der Waals surface area contributed by atoms with Gasteiger partial charge in [-0.2, -0.15) is 5.10 Å². The molecule has 4 rings (SSSR count). The smallest absolute Gasteiger partial charge is 0.229 e. The predicted molar refractivity (Wildman–Crippen MR) is 114 cm³/mol. The number of hydrogen-bond donors (Lipinski definition) is 1. The number of imide groups is 1. The van der Waals surface area contributed by atoms with Crippen LogP contribution in [0.4, 0.5) is 5.82 Å². The number of nitrogens with one attached hydrogen (secondary N) is 1. The Hall–Kier alpha value is -2.60. The Balaban J connectivity index is 1.34. The van der Waals surface area contributed by atoms with E-state index in [2.05, 4.69) is 24.7 Å². The van der Waals surface area contributed by atoms with E-state index < -0.39 is 10.0 Å². The largest absolute Gasteiger partial charge is 0.356 e. The molecule has 2 saturated heterocycles. The van der Waals surface area contributed by atoms with Crippen LogP contribution in [0, 0.1) is 0 Å². The minimum absolute atomic E-state index is 0.121. The summed E-state index contributed by atoms with van der Waals surface area (Å²) in [5, 5.41) is 5.22. The molecule has 0 aromatic carbocycles. The van der Waals surface area contributed by atoms with Crippen molar-refractivity contribution < 1.29 is 18.0 Å². The molecular weight excluding hydrogens is 422 g/mol. The van der Waals surface area contributed by atoms with Crippen LogP contribution in [0.5, 0.6) is 0 Å². The fraction of sp³-hybridized carbons (Fsp3) is 0.632. The summed E-state index contributed by atoms with van der Waals surface area (Å²) in [5.74, 6) is -0.0595. The van der Waals surface area contributed by atoms with Gasteiger partial charge < -0.3 is 4.90 Å². The maximum absolute atomic E-state index is 12.3. The van der Waals surface area contributed by atoms with Crippen molar-refractivity contribution in [1.29, 1.82) is 0 Å². The standard InChI is InChI=1S/C19H27N7O4S/c27-16-5-4-6-17(28)25(16)11-12-31(29,30)23-7-10-26-19-15(13-22-26)18(20-14-21-19)24-8-2-1-3-9-24/h13-14,23H,1-12H2. The lowest BCUT2D eigenvalue weighted by Crippen LogP contribution is -2.44. The molecule has 0 saturated carbocycles. The number of rotatable bonds is 8. The second-order valence-corrected chi connectivity index (χ2v) is 9.78. The molecule has 2 aliphatic rings. The fourth-order valence-corrected chi connectivity index (χ4v) is 5.01. The number of anilines is 1. The van der Waals surface area contributed by atoms with E-state index >= 15 is 0 Å². The second kappa shape index (κ2) is 9.27. The van der Waals surface area contributed by atoms with E-state index in [0.29, 0.717) is 18.6 Å². The summed E-state index contributed by atoms with van der Waals surface area (Å²) in [6.07, 6.45) is 7.83. The maximum atomic E-state index is 12.3. The number of amides is 2. The van der Waals surface area contributed by atoms with E-state index in [0.717, 1.165) is 42.0 Å². The van der Waals surface area contributed by atoms with E-state index in [1.165, 1.54) is 12.7 Å². The Morgan fingerprint density at radius 3 is 2.45 bits per heavy atom. The number of piperidine rings is 2. The first kappa shape index (κ1) is 21.6. The summed E-state index contributed by atoms with van der Waals surface area (Å²) >= 11 is 0. The first-order valence-corrected chi connectivity index (χ1v) is 12.3. The average molecular weight is 450 g/mol. The zero-order valence-electron chi connectivity index (χ0n) is 17.4. The molecule has 2 aromatic rings. The van der Waals surface area contributed by atoms with E-state index in [1.807, 2.05) is 0 Å². The highest BCUT2D eigenvalue weighted by Gasteiger charge is 2.27. The molecule has 0 spiro atoms. The van der Waals surface area contributed by atoms with E-state index in [1.54, 1.807) is 10.9 Å². The molecule has 1 N–H and O–H groups in total. The lowest BCUT2D eigenvalue weighted by Gasteiger charge is -2.27. The minimum atomic E-state index is -3.64. The van der Waals surface area contributed by atoms with Gasteiger partial charge in [0.15, 0.2) is 5.65 Å². The van der Waals surface area contributed by atoms with Gasteiger partial charge in [0.25, 0.3) is 0 Å². The van der Waals surface area contributed by atoms with Gasteiger partial charge in [-0.25, -0.2) is 27.8 Å². The summed E-state index contributed by atoms with van der Waals surface area (Å²) in [4.78, 5) is 35.7. The molecule has 11 nitrogen and oxygen atoms in total. The van der Waals surface area contributed by atoms with Gasteiger partial charge in [-0.15, -0.1) is 0 Å². The Morgan fingerprint density at radius 1 is 0.968 bits per heavy atom. The zero-order chi connectivity index (χ0) is 21.8. The van der Waals surface area contributed by atoms with Crippen molar-refractivity contribution in [3.63, 3.8) is 0 Å². The Morgan fingerprint density at radius 2 is 1.71 bits per heavy atom. The monoisotopic (exact) mass is 449 g/mol. The van der Waals surface area contributed by atoms with Crippen LogP contribution in [-0.4, -0.2) is 76.8 Å². The normalized spacial score (nSPS) is 18.2. The first-order valence-electron chi connectivity index (χ1n) is 10.7. The van der Waals surface area contributed by atoms with E-state index in [-0.39, 0.29) is 43.5 Å². The number of aromatic nitrogens is 4. The fourth-order valence-electron chi connectivity index (χ4n) is 4.04. The molecule has 0 bridgehead atoms. The molecule has 168 valence electrons. The highest BCUT2D eigenvalue weighted by atomic mass is 32.2. The van der Waals surface area contributed by atoms with Crippen LogP contribution >= 0.6 is 0 Å². The minimum Gasteiger partial charge on any atom is -0.356 e. The van der Waals surface area contributed by atoms with Crippen molar-refractivity contribution in [1.82, 2.24) is 29.4 Å². The van der Waals surface area contributed by atoms with Crippen LogP contribution < -0.4 is 9.62 Å². The molecule has 2 aliphatic heterocycles. The Labute approximate surface area is 180 Å². The molecule has 12 heteroatoms. The SMILES string of the molecule is O=C1CCCC(=O)N1CCS(=O)(=O)NCCn1ncc2c(N3CCCCC3)ncnc21. The summed E-state index contributed by atoms with van der Waals surface area (Å²) < 4.78 is 28.8. The van der Waals surface area contributed by atoms with Crippen LogP contribution in [0.25, 0.3) is 11.0 Å². The molecule has 0 unspecified atom stereocenters. The molecule has 0 radical (unpaired) electrons. The van der Waals surface area contributed by atoms with Gasteiger partial charge >= 0.3 is 0 Å². The lowest BCUT2D eigenvalue weighted by molar-refractivity contribution is -0.147. The predicted octanol–water partition coefficient (Wildman–Crippen LogP) is 0.275. The first-order chi connectivity index (χ1) is 14.9. The third-order valence-electron chi connectivity index (χ3n) is 5.68. The van der Waals surface area contributed by atoms with Crippen molar-refractivity contribution in [2.24, 2.45) is 0 Å². The summed E-state index contributed by atoms with van der Waals surface area (Å²) in [6, 6.07) is 0. The molecule has 4 heterocycles. The van der Waals surface area contributed by atoms with Gasteiger partial charge in [-0.05, 0) is 25.7 Å². The lowest BCUT2D eigenvalue weighted by atomic mass is 10.1. The maximum Gasteiger partial charge on any atom is 0.229 e. The number of nitrogens with zero attached hydrogens (tertiary/aromatic N) is 6. The highest BCUT2D eigenvalue weighted by Crippen LogP contribution is 2.25. The molecule has 0 atom stereocenters. The Bertz CT molecular complexity index is 1050. The van der Waals surface area contributed by atoms with Crippen LogP contribution in [0.15, 0.2) is 12.5 Å². The van der Waals surface area contributed by atoms with Crippen LogP contribution in [0.1, 0.15) is 38.5 Å². The zero-order valence-corrected chi connectivity index (χ0v) is 18.2. The number of carbonyl (C=O) groups is 2. The van der Waals surface area contributed by atoms with Gasteiger partial charge in [0.2, 0.25) is 21.8 Å². The van der Waals surface area contributed by atoms with Crippen molar-refractivity contribution in [3.05, 3.63) is 12.5 Å². The topological polar surface area (TPSA) is 130 Å². The van der Waals surface area contributed by atoms with Gasteiger partial charge in [-0.3, -0.25) is 14.5 Å². The van der Waals surface area contributed by atoms with Crippen molar-refractivity contribution in [2.75, 3.05) is 36.8 Å². The molecule has 2 fully saturated rings. The third-order valence-corrected chi connectivity index (χ3v) is 7.04. The average Bonchev–Trinajstić information content (AvgIpc) is 3.17. The number of likely N-dealkylation sites (tertiary alicyclic amines) is 1. The molecule has 0 aliphatic carbocycles. The molecular formula is C19H27N7O4S. The van der Waals surface area contributed by atoms with Crippen LogP contribution in [-0.2, 0) is 26.2 Å². The summed E-state index contributed by atoms with van der Waals surface area (Å²) in [5.41, 5.74) is 0.666. The molecule has 2 amide bonds. The van der Waals surface area contributed by atoms with Gasteiger partial charge in [0, 0.05) is 39.0 Å². The van der Waals surface area contributed by atoms with Crippen molar-refractivity contribution in [3.8, 4) is 0 Å². The quantitative estimate of drug-likeness (QED) is 0.569. The highest BCUT2D eigenvalue weighted by molar-refractivity contribution is 7.89. The summed E-state index contributed by atoms with van der Waals surface area (Å²) in [6.45, 7) is 2.23. The van der Waals surface area contributed by atoms with Crippen molar-refractivity contribution >= 4 is 38.7 Å². The summed E-state index contributed by atoms with van der Waals surface area (Å²) in [7, 11) is -3.64. The Kier molecular flexibility index (Phi) is 6.46. The number of sulfonamides is 1. The van der Waals surface area contributed by atoms with Crippen LogP contribution in [0.3, 0.4) is 0 Å². The van der Waals surface area contributed by atoms with Gasteiger partial charge in [0.1, 0.15) is 12.1 Å². The van der Waals surface area contributed by atoms with Gasteiger partial charge in [-0.1, -0.05) is 0 Å².